The molecule has 5 rings (SSSR count). The second-order valence-electron chi connectivity index (χ2n) is 11.8. The van der Waals surface area contributed by atoms with Crippen molar-refractivity contribution in [2.45, 2.75) is 75.2 Å². The fraction of sp³-hybridized carbons (Fsp3) is 0.432. The first-order valence-electron chi connectivity index (χ1n) is 15.7. The van der Waals surface area contributed by atoms with Crippen LogP contribution in [-0.4, -0.2) is 80.6 Å². The van der Waals surface area contributed by atoms with Crippen molar-refractivity contribution in [3.05, 3.63) is 120 Å². The number of methoxy groups -OCH3 is 1. The number of benzene rings is 3. The van der Waals surface area contributed by atoms with Crippen LogP contribution in [0.3, 0.4) is 0 Å². The first-order chi connectivity index (χ1) is 22.3. The Bertz CT molecular complexity index is 1300. The summed E-state index contributed by atoms with van der Waals surface area (Å²) in [5.41, 5.74) is 2.05. The molecule has 0 saturated carbocycles. The van der Waals surface area contributed by atoms with Crippen molar-refractivity contribution in [2.75, 3.05) is 27.1 Å². The summed E-state index contributed by atoms with van der Waals surface area (Å²) in [6, 6.07) is 30.4. The predicted molar refractivity (Wildman–Crippen MR) is 171 cm³/mol. The highest BCUT2D eigenvalue weighted by molar-refractivity contribution is 5.82. The van der Waals surface area contributed by atoms with Crippen molar-refractivity contribution >= 4 is 5.97 Å². The molecule has 2 heterocycles. The molecule has 0 aromatic heterocycles. The summed E-state index contributed by atoms with van der Waals surface area (Å²) in [6.45, 7) is 5.79. The Balaban J connectivity index is 1.41. The van der Waals surface area contributed by atoms with Crippen LogP contribution in [0.1, 0.15) is 43.9 Å². The molecular formula is C37H44O9. The van der Waals surface area contributed by atoms with E-state index < -0.39 is 54.0 Å². The van der Waals surface area contributed by atoms with Crippen molar-refractivity contribution < 1.29 is 43.1 Å². The van der Waals surface area contributed by atoms with E-state index in [0.717, 1.165) is 16.7 Å². The minimum Gasteiger partial charge on any atom is -0.463 e. The summed E-state index contributed by atoms with van der Waals surface area (Å²) in [5, 5.41) is 11.6. The number of hydrogen-bond acceptors (Lipinski definition) is 9. The quantitative estimate of drug-likeness (QED) is 0.112. The molecule has 0 radical (unpaired) electrons. The van der Waals surface area contributed by atoms with Gasteiger partial charge in [-0.15, -0.1) is 0 Å². The number of esters is 1. The normalized spacial score (nSPS) is 26.0. The minimum absolute atomic E-state index is 0.0309. The molecule has 2 aliphatic heterocycles. The third kappa shape index (κ3) is 7.58. The van der Waals surface area contributed by atoms with Gasteiger partial charge in [0.25, 0.3) is 0 Å². The van der Waals surface area contributed by atoms with Gasteiger partial charge in [0.05, 0.1) is 19.3 Å². The predicted octanol–water partition coefficient (Wildman–Crippen LogP) is 5.14. The number of hydrogen-bond donors (Lipinski definition) is 1. The maximum absolute atomic E-state index is 12.0. The van der Waals surface area contributed by atoms with Crippen LogP contribution in [0, 0.1) is 0 Å². The summed E-state index contributed by atoms with van der Waals surface area (Å²) in [6.07, 6.45) is -1.25. The van der Waals surface area contributed by atoms with Gasteiger partial charge in [-0.2, -0.15) is 0 Å². The summed E-state index contributed by atoms with van der Waals surface area (Å²) < 4.78 is 42.0. The molecule has 0 unspecified atom stereocenters. The Morgan fingerprint density at radius 3 is 1.98 bits per heavy atom. The van der Waals surface area contributed by atoms with E-state index in [2.05, 4.69) is 36.4 Å². The van der Waals surface area contributed by atoms with Crippen molar-refractivity contribution in [3.63, 3.8) is 0 Å². The molecule has 2 aliphatic rings. The molecule has 2 fully saturated rings. The third-order valence-corrected chi connectivity index (χ3v) is 8.21. The topological polar surface area (TPSA) is 102 Å². The van der Waals surface area contributed by atoms with Gasteiger partial charge in [-0.1, -0.05) is 91.0 Å². The van der Waals surface area contributed by atoms with Crippen LogP contribution in [0.2, 0.25) is 0 Å². The highest BCUT2D eigenvalue weighted by Crippen LogP contribution is 2.42. The molecule has 9 nitrogen and oxygen atoms in total. The third-order valence-electron chi connectivity index (χ3n) is 8.21. The van der Waals surface area contributed by atoms with Gasteiger partial charge in [-0.3, -0.25) is 0 Å². The van der Waals surface area contributed by atoms with Gasteiger partial charge in [-0.25, -0.2) is 4.79 Å². The SMILES string of the molecule is CCOC(=O)/C=C/[C@@H]1OC(C)(C)O[C@@H]1[C@@H]1O[C@H](CCOC(c2ccccc2)(c2ccccc2)c2ccccc2)[C@H](OCOC)[C@@H]1O. The van der Waals surface area contributed by atoms with E-state index in [0.29, 0.717) is 6.42 Å². The van der Waals surface area contributed by atoms with Crippen LogP contribution in [0.5, 0.6) is 0 Å². The van der Waals surface area contributed by atoms with Crippen LogP contribution in [0.4, 0.5) is 0 Å². The van der Waals surface area contributed by atoms with E-state index in [4.69, 9.17) is 33.2 Å². The maximum atomic E-state index is 12.0. The van der Waals surface area contributed by atoms with E-state index in [1.807, 2.05) is 54.6 Å². The molecule has 3 aromatic carbocycles. The summed E-state index contributed by atoms with van der Waals surface area (Å²) >= 11 is 0. The Labute approximate surface area is 271 Å². The Morgan fingerprint density at radius 2 is 1.46 bits per heavy atom. The van der Waals surface area contributed by atoms with Crippen LogP contribution in [0.25, 0.3) is 0 Å². The standard InChI is InChI=1S/C37H44O9/c1-5-41-31(38)22-21-30-34(46-36(2,3)45-30)35-32(39)33(42-25-40-4)29(44-35)23-24-43-37(26-15-9-6-10-16-26,27-17-11-7-12-18-27)28-19-13-8-14-20-28/h6-22,29-30,32-35,39H,5,23-25H2,1-4H3/b22-21+/t29-,30+,32+,33+,34+,35-/m1/s1. The van der Waals surface area contributed by atoms with E-state index in [-0.39, 0.29) is 20.0 Å². The maximum Gasteiger partial charge on any atom is 0.330 e. The zero-order valence-corrected chi connectivity index (χ0v) is 26.8. The van der Waals surface area contributed by atoms with Gasteiger partial charge in [0.2, 0.25) is 0 Å². The summed E-state index contributed by atoms with van der Waals surface area (Å²) in [4.78, 5) is 12.0. The average molecular weight is 633 g/mol. The van der Waals surface area contributed by atoms with Crippen LogP contribution >= 0.6 is 0 Å². The summed E-state index contributed by atoms with van der Waals surface area (Å²) in [5.74, 6) is -1.46. The van der Waals surface area contributed by atoms with E-state index in [1.165, 1.54) is 13.2 Å². The summed E-state index contributed by atoms with van der Waals surface area (Å²) in [7, 11) is 1.53. The minimum atomic E-state index is -1.07. The lowest BCUT2D eigenvalue weighted by atomic mass is 9.80. The largest absolute Gasteiger partial charge is 0.463 e. The van der Waals surface area contributed by atoms with Gasteiger partial charge in [0.1, 0.15) is 42.9 Å². The lowest BCUT2D eigenvalue weighted by molar-refractivity contribution is -0.163. The number of carbonyl (C=O) groups excluding carboxylic acids is 1. The van der Waals surface area contributed by atoms with Gasteiger partial charge in [0.15, 0.2) is 5.79 Å². The monoisotopic (exact) mass is 632 g/mol. The van der Waals surface area contributed by atoms with E-state index >= 15 is 0 Å². The Hall–Kier alpha value is -3.41. The molecule has 0 bridgehead atoms. The fourth-order valence-corrected chi connectivity index (χ4v) is 6.30. The molecule has 46 heavy (non-hydrogen) atoms. The number of aliphatic hydroxyl groups is 1. The zero-order valence-electron chi connectivity index (χ0n) is 26.8. The van der Waals surface area contributed by atoms with Crippen molar-refractivity contribution in [1.29, 1.82) is 0 Å². The highest BCUT2D eigenvalue weighted by Gasteiger charge is 2.54. The number of carbonyl (C=O) groups is 1. The van der Waals surface area contributed by atoms with Crippen molar-refractivity contribution in [3.8, 4) is 0 Å². The van der Waals surface area contributed by atoms with Gasteiger partial charge < -0.3 is 38.3 Å². The molecule has 9 heteroatoms. The molecule has 0 spiro atoms. The zero-order chi connectivity index (χ0) is 32.6. The number of ether oxygens (including phenoxy) is 7. The molecule has 6 atom stereocenters. The highest BCUT2D eigenvalue weighted by atomic mass is 16.8. The van der Waals surface area contributed by atoms with Crippen molar-refractivity contribution in [1.82, 2.24) is 0 Å². The fourth-order valence-electron chi connectivity index (χ4n) is 6.30. The first kappa shape index (κ1) is 33.9. The van der Waals surface area contributed by atoms with Crippen LogP contribution in [0.15, 0.2) is 103 Å². The lowest BCUT2D eigenvalue weighted by Crippen LogP contribution is -2.44. The Kier molecular flexibility index (Phi) is 11.4. The molecule has 0 amide bonds. The lowest BCUT2D eigenvalue weighted by Gasteiger charge is -2.36. The first-order valence-corrected chi connectivity index (χ1v) is 15.7. The second-order valence-corrected chi connectivity index (χ2v) is 11.8. The number of rotatable bonds is 14. The second kappa shape index (κ2) is 15.5. The molecule has 3 aromatic rings. The molecular weight excluding hydrogens is 588 g/mol. The smallest absolute Gasteiger partial charge is 0.330 e. The molecule has 1 N–H and O–H groups in total. The van der Waals surface area contributed by atoms with Crippen molar-refractivity contribution in [2.24, 2.45) is 0 Å². The number of aliphatic hydroxyl groups excluding tert-OH is 1. The van der Waals surface area contributed by atoms with Crippen LogP contribution < -0.4 is 0 Å². The van der Waals surface area contributed by atoms with E-state index in [9.17, 15) is 9.90 Å². The molecule has 2 saturated heterocycles. The van der Waals surface area contributed by atoms with Gasteiger partial charge in [0, 0.05) is 13.2 Å². The molecule has 246 valence electrons. The van der Waals surface area contributed by atoms with Crippen LogP contribution in [-0.2, 0) is 43.6 Å². The molecule has 0 aliphatic carbocycles. The van der Waals surface area contributed by atoms with Gasteiger partial charge >= 0.3 is 5.97 Å². The van der Waals surface area contributed by atoms with E-state index in [1.54, 1.807) is 26.8 Å². The van der Waals surface area contributed by atoms with Gasteiger partial charge in [-0.05, 0) is 50.0 Å². The Morgan fingerprint density at radius 1 is 0.891 bits per heavy atom. The average Bonchev–Trinajstić information content (AvgIpc) is 3.56.